The van der Waals surface area contributed by atoms with E-state index in [9.17, 15) is 4.79 Å². The predicted molar refractivity (Wildman–Crippen MR) is 111 cm³/mol. The summed E-state index contributed by atoms with van der Waals surface area (Å²) in [5, 5.41) is 3.41. The fourth-order valence-corrected chi connectivity index (χ4v) is 3.87. The van der Waals surface area contributed by atoms with Crippen LogP contribution < -0.4 is 19.7 Å². The predicted octanol–water partition coefficient (Wildman–Crippen LogP) is 3.43. The number of rotatable bonds is 3. The van der Waals surface area contributed by atoms with Gasteiger partial charge in [0, 0.05) is 43.1 Å². The number of Topliss-reactive ketones (excluding diaryl/α,β-unsaturated/α-hetero) is 1. The molecule has 0 amide bonds. The van der Waals surface area contributed by atoms with Gasteiger partial charge in [0.05, 0.1) is 31.5 Å². The second kappa shape index (κ2) is 7.03. The first-order valence-electron chi connectivity index (χ1n) is 9.19. The molecule has 1 fully saturated rings. The quantitative estimate of drug-likeness (QED) is 0.831. The van der Waals surface area contributed by atoms with Crippen molar-refractivity contribution < 1.29 is 14.3 Å². The van der Waals surface area contributed by atoms with Crippen molar-refractivity contribution in [1.82, 2.24) is 0 Å². The van der Waals surface area contributed by atoms with E-state index in [4.69, 9.17) is 9.47 Å². The van der Waals surface area contributed by atoms with Crippen molar-refractivity contribution >= 4 is 23.0 Å². The molecule has 0 aliphatic carbocycles. The first-order chi connectivity index (χ1) is 13.6. The monoisotopic (exact) mass is 377 g/mol. The van der Waals surface area contributed by atoms with Gasteiger partial charge in [-0.2, -0.15) is 0 Å². The number of hydrogen-bond donors (Lipinski definition) is 1. The molecular weight excluding hydrogens is 354 g/mol. The second-order valence-corrected chi connectivity index (χ2v) is 6.84. The van der Waals surface area contributed by atoms with Gasteiger partial charge in [-0.3, -0.25) is 9.79 Å². The molecule has 2 aromatic carbocycles. The van der Waals surface area contributed by atoms with Crippen LogP contribution in [0.2, 0.25) is 0 Å². The average molecular weight is 377 g/mol. The number of nitrogens with one attached hydrogen (secondary N) is 1. The van der Waals surface area contributed by atoms with Crippen molar-refractivity contribution in [3.63, 3.8) is 0 Å². The van der Waals surface area contributed by atoms with Gasteiger partial charge in [0.1, 0.15) is 17.3 Å². The Balaban J connectivity index is 1.80. The molecule has 0 unspecified atom stereocenters. The first-order valence-corrected chi connectivity index (χ1v) is 9.19. The first kappa shape index (κ1) is 18.1. The summed E-state index contributed by atoms with van der Waals surface area (Å²) in [6.07, 6.45) is 0.693. The fourth-order valence-electron chi connectivity index (χ4n) is 3.87. The normalized spacial score (nSPS) is 22.4. The van der Waals surface area contributed by atoms with Crippen LogP contribution >= 0.6 is 0 Å². The maximum atomic E-state index is 13.2. The van der Waals surface area contributed by atoms with Crippen LogP contribution in [-0.2, 0) is 11.2 Å². The molecule has 0 aromatic heterocycles. The van der Waals surface area contributed by atoms with E-state index in [0.717, 1.165) is 17.1 Å². The van der Waals surface area contributed by atoms with E-state index in [0.29, 0.717) is 29.3 Å². The largest absolute Gasteiger partial charge is 0.497 e. The number of benzene rings is 2. The Morgan fingerprint density at radius 2 is 1.79 bits per heavy atom. The molecule has 0 saturated carbocycles. The highest BCUT2D eigenvalue weighted by Gasteiger charge is 2.42. The van der Waals surface area contributed by atoms with E-state index in [-0.39, 0.29) is 11.8 Å². The highest BCUT2D eigenvalue weighted by molar-refractivity contribution is 6.36. The number of para-hydroxylation sites is 1. The lowest BCUT2D eigenvalue weighted by atomic mass is 10.1. The molecule has 1 N–H and O–H groups in total. The highest BCUT2D eigenvalue weighted by Crippen LogP contribution is 2.37. The Morgan fingerprint density at radius 1 is 1.11 bits per heavy atom. The smallest absolute Gasteiger partial charge is 0.190 e. The zero-order valence-corrected chi connectivity index (χ0v) is 16.4. The van der Waals surface area contributed by atoms with Crippen LogP contribution in [0.25, 0.3) is 0 Å². The molecule has 0 radical (unpaired) electrons. The summed E-state index contributed by atoms with van der Waals surface area (Å²) < 4.78 is 10.8. The van der Waals surface area contributed by atoms with Crippen molar-refractivity contribution in [1.29, 1.82) is 0 Å². The average Bonchev–Trinajstić information content (AvgIpc) is 3.25. The molecule has 2 aliphatic rings. The Bertz CT molecular complexity index is 961. The van der Waals surface area contributed by atoms with Crippen molar-refractivity contribution in [2.45, 2.75) is 19.4 Å². The van der Waals surface area contributed by atoms with Gasteiger partial charge in [0.25, 0.3) is 0 Å². The Kier molecular flexibility index (Phi) is 4.55. The lowest BCUT2D eigenvalue weighted by Gasteiger charge is -2.24. The minimum Gasteiger partial charge on any atom is -0.497 e. The number of carbonyl (C=O) groups excluding carboxylic acids is 1. The van der Waals surface area contributed by atoms with E-state index < -0.39 is 0 Å². The van der Waals surface area contributed by atoms with Crippen LogP contribution in [0.4, 0.5) is 11.4 Å². The summed E-state index contributed by atoms with van der Waals surface area (Å²) in [6.45, 7) is 1.90. The van der Waals surface area contributed by atoms with Crippen LogP contribution in [0.1, 0.15) is 12.5 Å². The van der Waals surface area contributed by atoms with Gasteiger partial charge >= 0.3 is 0 Å². The number of hydrogen-bond acceptors (Lipinski definition) is 5. The molecule has 0 spiro atoms. The van der Waals surface area contributed by atoms with E-state index in [1.165, 1.54) is 5.56 Å². The fraction of sp³-hybridized carbons (Fsp3) is 0.273. The maximum Gasteiger partial charge on any atom is 0.190 e. The number of amidine groups is 1. The third-order valence-corrected chi connectivity index (χ3v) is 5.26. The number of ether oxygens (including phenoxy) is 2. The van der Waals surface area contributed by atoms with Gasteiger partial charge in [-0.25, -0.2) is 0 Å². The van der Waals surface area contributed by atoms with Crippen LogP contribution in [-0.4, -0.2) is 38.9 Å². The minimum absolute atomic E-state index is 0.0534. The zero-order valence-electron chi connectivity index (χ0n) is 16.4. The molecule has 28 heavy (non-hydrogen) atoms. The number of fused-ring (bicyclic) bond motifs is 1. The van der Waals surface area contributed by atoms with Gasteiger partial charge in [-0.15, -0.1) is 0 Å². The molecule has 1 atom stereocenters. The number of anilines is 2. The Labute approximate surface area is 164 Å². The zero-order chi connectivity index (χ0) is 19.8. The summed E-state index contributed by atoms with van der Waals surface area (Å²) in [5.41, 5.74) is 4.58. The summed E-state index contributed by atoms with van der Waals surface area (Å²) in [4.78, 5) is 19.7. The molecule has 6 nitrogen and oxygen atoms in total. The summed E-state index contributed by atoms with van der Waals surface area (Å²) in [6, 6.07) is 13.3. The van der Waals surface area contributed by atoms with Crippen LogP contribution in [0.15, 0.2) is 58.7 Å². The van der Waals surface area contributed by atoms with Crippen LogP contribution in [0.3, 0.4) is 0 Å². The number of nitrogens with zero attached hydrogens (tertiary/aromatic N) is 2. The van der Waals surface area contributed by atoms with Crippen molar-refractivity contribution in [3.8, 4) is 11.5 Å². The van der Waals surface area contributed by atoms with Gasteiger partial charge < -0.3 is 19.7 Å². The molecule has 144 valence electrons. The van der Waals surface area contributed by atoms with Gasteiger partial charge in [0.2, 0.25) is 0 Å². The topological polar surface area (TPSA) is 63.2 Å². The lowest BCUT2D eigenvalue weighted by molar-refractivity contribution is -0.115. The SMILES string of the molecule is CN=C1C(=C2Cc3ccccc3N2)C(=O)[C@@H](C)N1c1cc(OC)cc(OC)c1. The van der Waals surface area contributed by atoms with Gasteiger partial charge in [-0.1, -0.05) is 18.2 Å². The maximum absolute atomic E-state index is 13.2. The molecular formula is C22H23N3O3. The number of aliphatic imine (C=N–C) groups is 1. The van der Waals surface area contributed by atoms with Gasteiger partial charge in [0.15, 0.2) is 5.78 Å². The second-order valence-electron chi connectivity index (χ2n) is 6.84. The molecule has 6 heteroatoms. The van der Waals surface area contributed by atoms with E-state index >= 15 is 0 Å². The number of methoxy groups -OCH3 is 2. The summed E-state index contributed by atoms with van der Waals surface area (Å²) >= 11 is 0. The highest BCUT2D eigenvalue weighted by atomic mass is 16.5. The minimum atomic E-state index is -0.372. The lowest BCUT2D eigenvalue weighted by Crippen LogP contribution is -2.33. The standard InChI is InChI=1S/C22H23N3O3/c1-13-21(26)20(19-9-14-7-5-6-8-18(14)24-19)22(23-2)25(13)15-10-16(27-3)12-17(11-15)28-4/h5-8,10-13,24H,9H2,1-4H3/t13-/m1/s1. The van der Waals surface area contributed by atoms with Gasteiger partial charge in [-0.05, 0) is 18.6 Å². The number of ketones is 1. The van der Waals surface area contributed by atoms with Crippen molar-refractivity contribution in [2.75, 3.05) is 31.5 Å². The number of carbonyl (C=O) groups is 1. The molecule has 2 aromatic rings. The molecule has 0 bridgehead atoms. The molecule has 2 aliphatic heterocycles. The Morgan fingerprint density at radius 3 is 2.39 bits per heavy atom. The molecule has 2 heterocycles. The van der Waals surface area contributed by atoms with Crippen molar-refractivity contribution in [2.24, 2.45) is 4.99 Å². The van der Waals surface area contributed by atoms with Crippen molar-refractivity contribution in [3.05, 3.63) is 59.3 Å². The molecule has 1 saturated heterocycles. The van der Waals surface area contributed by atoms with E-state index in [1.54, 1.807) is 21.3 Å². The summed E-state index contributed by atoms with van der Waals surface area (Å²) in [7, 11) is 4.94. The third-order valence-electron chi connectivity index (χ3n) is 5.26. The van der Waals surface area contributed by atoms with E-state index in [2.05, 4.69) is 16.4 Å². The Hall–Kier alpha value is -3.28. The molecule has 4 rings (SSSR count). The van der Waals surface area contributed by atoms with E-state index in [1.807, 2.05) is 48.2 Å². The summed E-state index contributed by atoms with van der Waals surface area (Å²) in [5.74, 6) is 2.04. The number of allylic oxidation sites excluding steroid dienone is 1. The van der Waals surface area contributed by atoms with Crippen LogP contribution in [0.5, 0.6) is 11.5 Å². The third kappa shape index (κ3) is 2.81. The van der Waals surface area contributed by atoms with Crippen LogP contribution in [0, 0.1) is 0 Å².